The van der Waals surface area contributed by atoms with Crippen molar-refractivity contribution in [3.05, 3.63) is 12.2 Å². The summed E-state index contributed by atoms with van der Waals surface area (Å²) < 4.78 is 10.6. The van der Waals surface area contributed by atoms with Gasteiger partial charge in [-0.2, -0.15) is 0 Å². The number of esters is 2. The van der Waals surface area contributed by atoms with Crippen LogP contribution in [0.5, 0.6) is 0 Å². The molecule has 5 nitrogen and oxygen atoms in total. The van der Waals surface area contributed by atoms with Gasteiger partial charge in [0.1, 0.15) is 6.61 Å². The highest BCUT2D eigenvalue weighted by Crippen LogP contribution is 2.15. The molecule has 0 aromatic heterocycles. The highest BCUT2D eigenvalue weighted by Gasteiger charge is 2.16. The fraction of sp³-hybridized carbons (Fsp3) is 0.909. The van der Waals surface area contributed by atoms with Crippen LogP contribution in [0.3, 0.4) is 0 Å². The van der Waals surface area contributed by atoms with Gasteiger partial charge in [-0.25, -0.2) is 0 Å². The van der Waals surface area contributed by atoms with E-state index < -0.39 is 6.10 Å². The summed E-state index contributed by atoms with van der Waals surface area (Å²) in [6.45, 7) is 4.16. The summed E-state index contributed by atoms with van der Waals surface area (Å²) in [5, 5.41) is 9.57. The Morgan fingerprint density at radius 1 is 0.449 bits per heavy atom. The molecule has 0 fully saturated rings. The number of aliphatic hydroxyl groups excluding tert-OH is 1. The van der Waals surface area contributed by atoms with E-state index in [0.29, 0.717) is 12.8 Å². The summed E-state index contributed by atoms with van der Waals surface area (Å²) in [7, 11) is 0. The van der Waals surface area contributed by atoms with Crippen LogP contribution in [-0.2, 0) is 19.1 Å². The molecule has 5 heteroatoms. The van der Waals surface area contributed by atoms with Crippen molar-refractivity contribution in [2.75, 3.05) is 13.2 Å². The molecule has 0 spiro atoms. The molecular formula is C44H84O5. The fourth-order valence-corrected chi connectivity index (χ4v) is 6.49. The number of carbonyl (C=O) groups excluding carboxylic acids is 2. The fourth-order valence-electron chi connectivity index (χ4n) is 6.49. The van der Waals surface area contributed by atoms with Gasteiger partial charge in [-0.05, 0) is 38.5 Å². The average Bonchev–Trinajstić information content (AvgIpc) is 3.10. The molecule has 0 amide bonds. The van der Waals surface area contributed by atoms with E-state index in [0.717, 1.165) is 32.1 Å². The summed E-state index contributed by atoms with van der Waals surface area (Å²) in [6.07, 6.45) is 47.1. The molecule has 1 N–H and O–H groups in total. The maximum Gasteiger partial charge on any atom is 0.306 e. The number of hydrogen-bond acceptors (Lipinski definition) is 5. The minimum atomic E-state index is -0.767. The number of allylic oxidation sites excluding steroid dienone is 2. The topological polar surface area (TPSA) is 72.8 Å². The van der Waals surface area contributed by atoms with Gasteiger partial charge in [0.15, 0.2) is 6.10 Å². The zero-order chi connectivity index (χ0) is 35.7. The van der Waals surface area contributed by atoms with Gasteiger partial charge in [-0.3, -0.25) is 9.59 Å². The SMILES string of the molecule is CCCCCCCC/C=C/CCCCCCCCCC(=O)O[C@@H](CO)COC(=O)CCCCCCCCCCCCCCCCCCCC. The molecule has 290 valence electrons. The maximum absolute atomic E-state index is 12.2. The second-order valence-corrected chi connectivity index (χ2v) is 14.8. The minimum Gasteiger partial charge on any atom is -0.462 e. The van der Waals surface area contributed by atoms with Crippen LogP contribution in [0.2, 0.25) is 0 Å². The molecule has 0 bridgehead atoms. The number of ether oxygens (including phenoxy) is 2. The largest absolute Gasteiger partial charge is 0.462 e. The Morgan fingerprint density at radius 2 is 0.755 bits per heavy atom. The maximum atomic E-state index is 12.2. The average molecular weight is 693 g/mol. The molecule has 0 heterocycles. The van der Waals surface area contributed by atoms with Gasteiger partial charge in [-0.15, -0.1) is 0 Å². The van der Waals surface area contributed by atoms with Crippen molar-refractivity contribution in [1.29, 1.82) is 0 Å². The van der Waals surface area contributed by atoms with Crippen molar-refractivity contribution in [3.8, 4) is 0 Å². The quantitative estimate of drug-likeness (QED) is 0.0393. The van der Waals surface area contributed by atoms with Gasteiger partial charge in [0.25, 0.3) is 0 Å². The first-order valence-corrected chi connectivity index (χ1v) is 21.7. The smallest absolute Gasteiger partial charge is 0.306 e. The van der Waals surface area contributed by atoms with Gasteiger partial charge in [-0.1, -0.05) is 199 Å². The lowest BCUT2D eigenvalue weighted by molar-refractivity contribution is -0.161. The van der Waals surface area contributed by atoms with Crippen molar-refractivity contribution in [2.45, 2.75) is 245 Å². The molecule has 49 heavy (non-hydrogen) atoms. The lowest BCUT2D eigenvalue weighted by Crippen LogP contribution is -2.28. The van der Waals surface area contributed by atoms with Gasteiger partial charge in [0.05, 0.1) is 6.61 Å². The third-order valence-corrected chi connectivity index (χ3v) is 9.81. The second kappa shape index (κ2) is 41.1. The Kier molecular flexibility index (Phi) is 39.9. The summed E-state index contributed by atoms with van der Waals surface area (Å²) in [5.74, 6) is -0.582. The molecular weight excluding hydrogens is 608 g/mol. The van der Waals surface area contributed by atoms with Crippen LogP contribution in [0.1, 0.15) is 239 Å². The number of hydrogen-bond donors (Lipinski definition) is 1. The first-order valence-electron chi connectivity index (χ1n) is 21.7. The van der Waals surface area contributed by atoms with Crippen LogP contribution in [0, 0.1) is 0 Å². The Morgan fingerprint density at radius 3 is 1.10 bits per heavy atom. The van der Waals surface area contributed by atoms with Crippen molar-refractivity contribution in [3.63, 3.8) is 0 Å². The van der Waals surface area contributed by atoms with Crippen LogP contribution in [0.4, 0.5) is 0 Å². The predicted molar refractivity (Wildman–Crippen MR) is 210 cm³/mol. The van der Waals surface area contributed by atoms with Crippen molar-refractivity contribution in [2.24, 2.45) is 0 Å². The van der Waals surface area contributed by atoms with E-state index in [4.69, 9.17) is 9.47 Å². The van der Waals surface area contributed by atoms with Gasteiger partial charge >= 0.3 is 11.9 Å². The van der Waals surface area contributed by atoms with E-state index in [9.17, 15) is 14.7 Å². The summed E-state index contributed by atoms with van der Waals surface area (Å²) >= 11 is 0. The van der Waals surface area contributed by atoms with Crippen LogP contribution < -0.4 is 0 Å². The molecule has 0 unspecified atom stereocenters. The Bertz CT molecular complexity index is 705. The lowest BCUT2D eigenvalue weighted by atomic mass is 10.0. The Hall–Kier alpha value is -1.36. The number of carbonyl (C=O) groups is 2. The van der Waals surface area contributed by atoms with E-state index in [2.05, 4.69) is 26.0 Å². The van der Waals surface area contributed by atoms with Gasteiger partial charge in [0, 0.05) is 12.8 Å². The first kappa shape index (κ1) is 47.6. The standard InChI is InChI=1S/C44H84O5/c1-3-5-7-9-11-13-15-17-19-21-23-24-26-28-30-32-34-36-38-43(46)48-41-42(40-45)49-44(47)39-37-35-33-31-29-27-25-22-20-18-16-14-12-10-8-6-4-2/h18,20,42,45H,3-17,19,21-41H2,1-2H3/b20-18+/t42-/m0/s1. The number of aliphatic hydroxyl groups is 1. The normalized spacial score (nSPS) is 12.1. The third-order valence-electron chi connectivity index (χ3n) is 9.81. The monoisotopic (exact) mass is 693 g/mol. The van der Waals surface area contributed by atoms with E-state index in [-0.39, 0.29) is 25.2 Å². The molecule has 0 aromatic carbocycles. The Labute approximate surface area is 305 Å². The molecule has 0 aliphatic carbocycles. The van der Waals surface area contributed by atoms with Crippen molar-refractivity contribution in [1.82, 2.24) is 0 Å². The first-order chi connectivity index (χ1) is 24.1. The van der Waals surface area contributed by atoms with Gasteiger partial charge < -0.3 is 14.6 Å². The third kappa shape index (κ3) is 39.3. The van der Waals surface area contributed by atoms with Crippen molar-refractivity contribution < 1.29 is 24.2 Å². The highest BCUT2D eigenvalue weighted by atomic mass is 16.6. The van der Waals surface area contributed by atoms with Gasteiger partial charge in [0.2, 0.25) is 0 Å². The zero-order valence-corrected chi connectivity index (χ0v) is 33.0. The van der Waals surface area contributed by atoms with Crippen LogP contribution >= 0.6 is 0 Å². The highest BCUT2D eigenvalue weighted by molar-refractivity contribution is 5.70. The lowest BCUT2D eigenvalue weighted by Gasteiger charge is -2.15. The summed E-state index contributed by atoms with van der Waals surface area (Å²) in [4.78, 5) is 24.3. The Balaban J connectivity index is 3.49. The summed E-state index contributed by atoms with van der Waals surface area (Å²) in [5.41, 5.74) is 0. The molecule has 1 atom stereocenters. The molecule has 0 aliphatic heterocycles. The number of unbranched alkanes of at least 4 members (excludes halogenated alkanes) is 30. The second-order valence-electron chi connectivity index (χ2n) is 14.8. The summed E-state index contributed by atoms with van der Waals surface area (Å²) in [6, 6.07) is 0. The molecule has 0 aromatic rings. The van der Waals surface area contributed by atoms with E-state index in [1.54, 1.807) is 0 Å². The van der Waals surface area contributed by atoms with E-state index >= 15 is 0 Å². The predicted octanol–water partition coefficient (Wildman–Crippen LogP) is 13.7. The minimum absolute atomic E-state index is 0.0612. The molecule has 0 aliphatic rings. The molecule has 0 rings (SSSR count). The van der Waals surface area contributed by atoms with E-state index in [1.807, 2.05) is 0 Å². The van der Waals surface area contributed by atoms with E-state index in [1.165, 1.54) is 180 Å². The molecule has 0 saturated heterocycles. The van der Waals surface area contributed by atoms with Crippen molar-refractivity contribution >= 4 is 11.9 Å². The van der Waals surface area contributed by atoms with Crippen LogP contribution in [0.25, 0.3) is 0 Å². The molecule has 0 saturated carbocycles. The number of rotatable bonds is 40. The zero-order valence-electron chi connectivity index (χ0n) is 33.0. The van der Waals surface area contributed by atoms with Crippen LogP contribution in [0.15, 0.2) is 12.2 Å². The van der Waals surface area contributed by atoms with Crippen LogP contribution in [-0.4, -0.2) is 36.4 Å². The molecule has 0 radical (unpaired) electrons.